The highest BCUT2D eigenvalue weighted by Crippen LogP contribution is 2.23. The summed E-state index contributed by atoms with van der Waals surface area (Å²) in [6, 6.07) is 8.51. The number of rotatable bonds is 5. The van der Waals surface area contributed by atoms with Crippen molar-refractivity contribution >= 4 is 23.5 Å². The number of nitro benzene ring substituents is 1. The molecular formula is C11H8N4O5. The number of hydrazone groups is 1. The number of hydrogen-bond donors (Lipinski definition) is 1. The van der Waals surface area contributed by atoms with Crippen molar-refractivity contribution < 1.29 is 14.3 Å². The first-order chi connectivity index (χ1) is 9.58. The average molecular weight is 276 g/mol. The van der Waals surface area contributed by atoms with Crippen molar-refractivity contribution in [1.29, 1.82) is 0 Å². The van der Waals surface area contributed by atoms with Gasteiger partial charge >= 0.3 is 5.88 Å². The van der Waals surface area contributed by atoms with Crippen LogP contribution in [0.3, 0.4) is 0 Å². The summed E-state index contributed by atoms with van der Waals surface area (Å²) in [6.45, 7) is 0. The quantitative estimate of drug-likeness (QED) is 0.508. The molecule has 1 aromatic carbocycles. The van der Waals surface area contributed by atoms with Crippen LogP contribution in [0.5, 0.6) is 0 Å². The average Bonchev–Trinajstić information content (AvgIpc) is 2.88. The van der Waals surface area contributed by atoms with Gasteiger partial charge in [-0.15, -0.1) is 0 Å². The van der Waals surface area contributed by atoms with E-state index in [0.717, 1.165) is 0 Å². The number of nitro groups is 2. The Morgan fingerprint density at radius 1 is 1.10 bits per heavy atom. The molecule has 0 spiro atoms. The Morgan fingerprint density at radius 3 is 2.50 bits per heavy atom. The topological polar surface area (TPSA) is 124 Å². The minimum atomic E-state index is -0.674. The van der Waals surface area contributed by atoms with E-state index in [0.29, 0.717) is 0 Å². The summed E-state index contributed by atoms with van der Waals surface area (Å²) < 4.78 is 4.84. The Labute approximate surface area is 111 Å². The van der Waals surface area contributed by atoms with Crippen LogP contribution in [0.2, 0.25) is 0 Å². The Morgan fingerprint density at radius 2 is 1.85 bits per heavy atom. The van der Waals surface area contributed by atoms with Crippen LogP contribution in [0.4, 0.5) is 17.3 Å². The summed E-state index contributed by atoms with van der Waals surface area (Å²) in [7, 11) is 0. The summed E-state index contributed by atoms with van der Waals surface area (Å²) >= 11 is 0. The maximum Gasteiger partial charge on any atom is 0.433 e. The summed E-state index contributed by atoms with van der Waals surface area (Å²) in [5.41, 5.74) is 2.55. The molecule has 9 heteroatoms. The van der Waals surface area contributed by atoms with Crippen molar-refractivity contribution in [3.8, 4) is 0 Å². The number of para-hydroxylation sites is 2. The maximum absolute atomic E-state index is 10.8. The summed E-state index contributed by atoms with van der Waals surface area (Å²) in [5.74, 6) is -0.250. The fourth-order valence-electron chi connectivity index (χ4n) is 1.40. The molecule has 0 aliphatic heterocycles. The molecular weight excluding hydrogens is 268 g/mol. The van der Waals surface area contributed by atoms with E-state index in [4.69, 9.17) is 4.42 Å². The van der Waals surface area contributed by atoms with E-state index in [2.05, 4.69) is 10.5 Å². The van der Waals surface area contributed by atoms with E-state index < -0.39 is 15.7 Å². The molecule has 102 valence electrons. The van der Waals surface area contributed by atoms with E-state index in [1.807, 2.05) is 0 Å². The van der Waals surface area contributed by atoms with Crippen LogP contribution in [0.1, 0.15) is 5.76 Å². The zero-order valence-electron chi connectivity index (χ0n) is 9.92. The summed E-state index contributed by atoms with van der Waals surface area (Å²) in [4.78, 5) is 19.9. The van der Waals surface area contributed by atoms with Crippen LogP contribution in [-0.2, 0) is 0 Å². The van der Waals surface area contributed by atoms with E-state index in [-0.39, 0.29) is 17.1 Å². The minimum Gasteiger partial charge on any atom is -0.400 e. The first-order valence-electron chi connectivity index (χ1n) is 5.34. The third kappa shape index (κ3) is 2.96. The van der Waals surface area contributed by atoms with Gasteiger partial charge in [0, 0.05) is 6.07 Å². The molecule has 0 saturated carbocycles. The molecule has 0 atom stereocenters. The minimum absolute atomic E-state index is 0.130. The molecule has 0 amide bonds. The van der Waals surface area contributed by atoms with Crippen LogP contribution < -0.4 is 5.43 Å². The smallest absolute Gasteiger partial charge is 0.400 e. The molecule has 1 N–H and O–H groups in total. The highest BCUT2D eigenvalue weighted by Gasteiger charge is 2.12. The monoisotopic (exact) mass is 276 g/mol. The molecule has 1 aromatic heterocycles. The van der Waals surface area contributed by atoms with Gasteiger partial charge in [-0.2, -0.15) is 5.10 Å². The Bertz CT molecular complexity index is 679. The molecule has 0 bridgehead atoms. The van der Waals surface area contributed by atoms with Gasteiger partial charge in [-0.05, 0) is 12.1 Å². The van der Waals surface area contributed by atoms with Gasteiger partial charge in [0.1, 0.15) is 10.6 Å². The molecule has 0 fully saturated rings. The second-order valence-electron chi connectivity index (χ2n) is 3.58. The first-order valence-corrected chi connectivity index (χ1v) is 5.34. The lowest BCUT2D eigenvalue weighted by molar-refractivity contribution is -0.402. The molecule has 0 saturated heterocycles. The molecule has 1 heterocycles. The van der Waals surface area contributed by atoms with E-state index in [1.165, 1.54) is 36.5 Å². The van der Waals surface area contributed by atoms with Crippen molar-refractivity contribution in [3.05, 3.63) is 62.4 Å². The molecule has 2 rings (SSSR count). The van der Waals surface area contributed by atoms with Gasteiger partial charge < -0.3 is 4.42 Å². The van der Waals surface area contributed by atoms with E-state index >= 15 is 0 Å². The number of furan rings is 1. The lowest BCUT2D eigenvalue weighted by atomic mass is 10.3. The number of benzene rings is 1. The molecule has 2 aromatic rings. The van der Waals surface area contributed by atoms with Crippen molar-refractivity contribution in [3.63, 3.8) is 0 Å². The van der Waals surface area contributed by atoms with E-state index in [9.17, 15) is 20.2 Å². The second kappa shape index (κ2) is 5.61. The number of nitrogens with zero attached hydrogens (tertiary/aromatic N) is 3. The molecule has 9 nitrogen and oxygen atoms in total. The Balaban J connectivity index is 2.10. The largest absolute Gasteiger partial charge is 0.433 e. The molecule has 0 radical (unpaired) electrons. The number of hydrogen-bond acceptors (Lipinski definition) is 7. The fraction of sp³-hybridized carbons (Fsp3) is 0. The maximum atomic E-state index is 10.8. The molecule has 20 heavy (non-hydrogen) atoms. The lowest BCUT2D eigenvalue weighted by Crippen LogP contribution is -1.96. The second-order valence-corrected chi connectivity index (χ2v) is 3.58. The van der Waals surface area contributed by atoms with Crippen molar-refractivity contribution in [1.82, 2.24) is 0 Å². The van der Waals surface area contributed by atoms with Crippen LogP contribution >= 0.6 is 0 Å². The standard InChI is InChI=1S/C11H8N4O5/c16-14(17)10-4-2-1-3-9(10)13-12-7-8-5-6-11(20-8)15(18)19/h1-7,13H/b12-7-. The van der Waals surface area contributed by atoms with Crippen LogP contribution in [0.25, 0.3) is 0 Å². The predicted octanol–water partition coefficient (Wildman–Crippen LogP) is 2.54. The van der Waals surface area contributed by atoms with E-state index in [1.54, 1.807) is 6.07 Å². The van der Waals surface area contributed by atoms with Crippen LogP contribution in [0, 0.1) is 20.2 Å². The third-order valence-electron chi connectivity index (χ3n) is 2.27. The summed E-state index contributed by atoms with van der Waals surface area (Å²) in [6.07, 6.45) is 1.18. The van der Waals surface area contributed by atoms with Crippen LogP contribution in [0.15, 0.2) is 45.9 Å². The SMILES string of the molecule is O=[N+]([O-])c1ccc(/C=N\Nc2ccccc2[N+](=O)[O-])o1. The van der Waals surface area contributed by atoms with Crippen molar-refractivity contribution in [2.24, 2.45) is 5.10 Å². The zero-order chi connectivity index (χ0) is 14.5. The van der Waals surface area contributed by atoms with Gasteiger partial charge in [-0.1, -0.05) is 12.1 Å². The molecule has 0 aliphatic rings. The first kappa shape index (κ1) is 13.2. The Kier molecular flexibility index (Phi) is 3.70. The highest BCUT2D eigenvalue weighted by molar-refractivity contribution is 5.77. The van der Waals surface area contributed by atoms with Gasteiger partial charge in [0.2, 0.25) is 0 Å². The zero-order valence-corrected chi connectivity index (χ0v) is 9.92. The predicted molar refractivity (Wildman–Crippen MR) is 69.7 cm³/mol. The van der Waals surface area contributed by atoms with Gasteiger partial charge in [0.25, 0.3) is 5.69 Å². The van der Waals surface area contributed by atoms with Crippen molar-refractivity contribution in [2.75, 3.05) is 5.43 Å². The number of nitrogens with one attached hydrogen (secondary N) is 1. The lowest BCUT2D eigenvalue weighted by Gasteiger charge is -2.00. The third-order valence-corrected chi connectivity index (χ3v) is 2.27. The summed E-state index contributed by atoms with van der Waals surface area (Å²) in [5, 5.41) is 24.9. The van der Waals surface area contributed by atoms with Crippen LogP contribution in [-0.4, -0.2) is 16.1 Å². The Hall–Kier alpha value is -3.23. The number of anilines is 1. The van der Waals surface area contributed by atoms with Crippen molar-refractivity contribution in [2.45, 2.75) is 0 Å². The van der Waals surface area contributed by atoms with Gasteiger partial charge in [-0.3, -0.25) is 25.7 Å². The molecule has 0 unspecified atom stereocenters. The van der Waals surface area contributed by atoms with Gasteiger partial charge in [-0.25, -0.2) is 0 Å². The highest BCUT2D eigenvalue weighted by atomic mass is 16.6. The fourth-order valence-corrected chi connectivity index (χ4v) is 1.40. The van der Waals surface area contributed by atoms with Gasteiger partial charge in [0.05, 0.1) is 17.2 Å². The molecule has 0 aliphatic carbocycles. The van der Waals surface area contributed by atoms with Gasteiger partial charge in [0.15, 0.2) is 5.76 Å². The normalized spacial score (nSPS) is 10.6.